The minimum Gasteiger partial charge on any atom is -0.464 e. The van der Waals surface area contributed by atoms with E-state index in [2.05, 4.69) is 0 Å². The predicted octanol–water partition coefficient (Wildman–Crippen LogP) is 2.81. The highest BCUT2D eigenvalue weighted by Gasteiger charge is 2.41. The van der Waals surface area contributed by atoms with Gasteiger partial charge in [0.2, 0.25) is 0 Å². The number of hydrogen-bond acceptors (Lipinski definition) is 5. The minimum absolute atomic E-state index is 0.171. The summed E-state index contributed by atoms with van der Waals surface area (Å²) in [6.07, 6.45) is 1.49. The average Bonchev–Trinajstić information content (AvgIpc) is 2.75. The molecule has 1 saturated heterocycles. The number of halogens is 1. The van der Waals surface area contributed by atoms with E-state index in [0.29, 0.717) is 5.56 Å². The van der Waals surface area contributed by atoms with E-state index in [4.69, 9.17) is 4.74 Å². The third kappa shape index (κ3) is 3.36. The Labute approximate surface area is 131 Å². The minimum atomic E-state index is -0.980. The van der Waals surface area contributed by atoms with Gasteiger partial charge in [0.05, 0.1) is 11.5 Å². The zero-order chi connectivity index (χ0) is 16.3. The Kier molecular flexibility index (Phi) is 4.97. The monoisotopic (exact) mass is 323 g/mol. The first-order chi connectivity index (χ1) is 10.4. The van der Waals surface area contributed by atoms with Crippen LogP contribution in [-0.4, -0.2) is 34.7 Å². The summed E-state index contributed by atoms with van der Waals surface area (Å²) >= 11 is 0.742. The molecule has 0 saturated carbocycles. The molecular weight excluding hydrogens is 309 g/mol. The number of amides is 2. The molecule has 1 atom stereocenters. The fourth-order valence-corrected chi connectivity index (χ4v) is 2.80. The fourth-order valence-electron chi connectivity index (χ4n) is 1.89. The molecule has 1 aliphatic rings. The van der Waals surface area contributed by atoms with Gasteiger partial charge < -0.3 is 4.74 Å². The van der Waals surface area contributed by atoms with Gasteiger partial charge in [-0.25, -0.2) is 9.18 Å². The van der Waals surface area contributed by atoms with Crippen LogP contribution in [-0.2, 0) is 14.3 Å². The molecule has 1 aromatic rings. The van der Waals surface area contributed by atoms with Crippen LogP contribution in [0.4, 0.5) is 9.18 Å². The lowest BCUT2D eigenvalue weighted by Gasteiger charge is -2.19. The molecule has 0 radical (unpaired) electrons. The standard InChI is InChI=1S/C15H14FNO4S/c1-3-21-14(19)9(2)17-13(18)12(22-15(17)20)8-10-4-6-11(16)7-5-10/h4-9H,3H2,1-2H3. The molecule has 22 heavy (non-hydrogen) atoms. The second-order valence-corrected chi connectivity index (χ2v) is 5.52. The largest absolute Gasteiger partial charge is 0.464 e. The first-order valence-electron chi connectivity index (χ1n) is 6.63. The molecule has 1 fully saturated rings. The summed E-state index contributed by atoms with van der Waals surface area (Å²) in [5, 5.41) is -0.529. The van der Waals surface area contributed by atoms with E-state index in [-0.39, 0.29) is 17.3 Å². The van der Waals surface area contributed by atoms with E-state index < -0.39 is 23.2 Å². The number of imide groups is 1. The zero-order valence-electron chi connectivity index (χ0n) is 12.0. The Morgan fingerprint density at radius 1 is 1.36 bits per heavy atom. The molecule has 0 N–H and O–H groups in total. The van der Waals surface area contributed by atoms with Gasteiger partial charge in [0.1, 0.15) is 11.9 Å². The molecule has 5 nitrogen and oxygen atoms in total. The van der Waals surface area contributed by atoms with Crippen molar-refractivity contribution in [1.29, 1.82) is 0 Å². The van der Waals surface area contributed by atoms with E-state index in [9.17, 15) is 18.8 Å². The molecule has 1 heterocycles. The predicted molar refractivity (Wildman–Crippen MR) is 80.3 cm³/mol. The summed E-state index contributed by atoms with van der Waals surface area (Å²) in [7, 11) is 0. The van der Waals surface area contributed by atoms with Crippen LogP contribution in [0, 0.1) is 5.82 Å². The van der Waals surface area contributed by atoms with Crippen LogP contribution in [0.25, 0.3) is 6.08 Å². The van der Waals surface area contributed by atoms with Crippen molar-refractivity contribution in [2.24, 2.45) is 0 Å². The first-order valence-corrected chi connectivity index (χ1v) is 7.45. The van der Waals surface area contributed by atoms with Crippen molar-refractivity contribution >= 4 is 35.0 Å². The number of hydrogen-bond donors (Lipinski definition) is 0. The molecule has 2 rings (SSSR count). The number of carbonyl (C=O) groups is 3. The van der Waals surface area contributed by atoms with Crippen molar-refractivity contribution in [2.75, 3.05) is 6.61 Å². The Balaban J connectivity index is 2.21. The van der Waals surface area contributed by atoms with Gasteiger partial charge in [-0.3, -0.25) is 14.5 Å². The molecule has 0 spiro atoms. The third-order valence-electron chi connectivity index (χ3n) is 3.01. The summed E-state index contributed by atoms with van der Waals surface area (Å²) in [5.41, 5.74) is 0.593. The third-order valence-corrected chi connectivity index (χ3v) is 3.89. The number of nitrogens with zero attached hydrogens (tertiary/aromatic N) is 1. The molecule has 116 valence electrons. The number of esters is 1. The van der Waals surface area contributed by atoms with Gasteiger partial charge in [-0.1, -0.05) is 12.1 Å². The number of carbonyl (C=O) groups excluding carboxylic acids is 3. The van der Waals surface area contributed by atoms with E-state index in [1.165, 1.54) is 37.3 Å². The molecular formula is C15H14FNO4S. The first kappa shape index (κ1) is 16.2. The number of rotatable bonds is 4. The molecule has 7 heteroatoms. The van der Waals surface area contributed by atoms with Crippen molar-refractivity contribution < 1.29 is 23.5 Å². The molecule has 1 aliphatic heterocycles. The molecule has 1 unspecified atom stereocenters. The van der Waals surface area contributed by atoms with Crippen LogP contribution < -0.4 is 0 Å². The summed E-state index contributed by atoms with van der Waals surface area (Å²) in [6.45, 7) is 3.26. The van der Waals surface area contributed by atoms with Gasteiger partial charge >= 0.3 is 5.97 Å². The zero-order valence-corrected chi connectivity index (χ0v) is 12.9. The van der Waals surface area contributed by atoms with Gasteiger partial charge in [-0.2, -0.15) is 0 Å². The number of ether oxygens (including phenoxy) is 1. The van der Waals surface area contributed by atoms with Crippen molar-refractivity contribution in [3.63, 3.8) is 0 Å². The van der Waals surface area contributed by atoms with Crippen molar-refractivity contribution in [3.8, 4) is 0 Å². The van der Waals surface area contributed by atoms with E-state index in [1.807, 2.05) is 0 Å². The Hall–Kier alpha value is -2.15. The van der Waals surface area contributed by atoms with Crippen LogP contribution in [0.5, 0.6) is 0 Å². The lowest BCUT2D eigenvalue weighted by molar-refractivity contribution is -0.150. The Morgan fingerprint density at radius 3 is 2.59 bits per heavy atom. The maximum Gasteiger partial charge on any atom is 0.329 e. The Bertz CT molecular complexity index is 641. The van der Waals surface area contributed by atoms with Crippen LogP contribution >= 0.6 is 11.8 Å². The van der Waals surface area contributed by atoms with Crippen molar-refractivity contribution in [1.82, 2.24) is 4.90 Å². The highest BCUT2D eigenvalue weighted by molar-refractivity contribution is 8.18. The summed E-state index contributed by atoms with van der Waals surface area (Å²) in [6, 6.07) is 4.54. The lowest BCUT2D eigenvalue weighted by atomic mass is 10.2. The molecule has 0 aromatic heterocycles. The number of thioether (sulfide) groups is 1. The quantitative estimate of drug-likeness (QED) is 0.630. The highest BCUT2D eigenvalue weighted by atomic mass is 32.2. The maximum absolute atomic E-state index is 12.9. The molecule has 2 amide bonds. The van der Waals surface area contributed by atoms with Gasteiger partial charge in [0.15, 0.2) is 0 Å². The summed E-state index contributed by atoms with van der Waals surface area (Å²) in [5.74, 6) is -1.58. The van der Waals surface area contributed by atoms with E-state index >= 15 is 0 Å². The van der Waals surface area contributed by atoms with E-state index in [0.717, 1.165) is 16.7 Å². The van der Waals surface area contributed by atoms with Crippen LogP contribution in [0.15, 0.2) is 29.2 Å². The van der Waals surface area contributed by atoms with Crippen LogP contribution in [0.2, 0.25) is 0 Å². The SMILES string of the molecule is CCOC(=O)C(C)N1C(=O)SC(=Cc2ccc(F)cc2)C1=O. The average molecular weight is 323 g/mol. The van der Waals surface area contributed by atoms with Gasteiger partial charge in [0, 0.05) is 0 Å². The second-order valence-electron chi connectivity index (χ2n) is 4.53. The molecule has 0 bridgehead atoms. The smallest absolute Gasteiger partial charge is 0.329 e. The summed E-state index contributed by atoms with van der Waals surface area (Å²) in [4.78, 5) is 37.0. The second kappa shape index (κ2) is 6.74. The van der Waals surface area contributed by atoms with E-state index in [1.54, 1.807) is 6.92 Å². The topological polar surface area (TPSA) is 63.7 Å². The van der Waals surface area contributed by atoms with Crippen LogP contribution in [0.3, 0.4) is 0 Å². The van der Waals surface area contributed by atoms with Gasteiger partial charge in [0.25, 0.3) is 11.1 Å². The highest BCUT2D eigenvalue weighted by Crippen LogP contribution is 2.33. The normalized spacial score (nSPS) is 18.0. The lowest BCUT2D eigenvalue weighted by Crippen LogP contribution is -2.42. The van der Waals surface area contributed by atoms with Gasteiger partial charge in [-0.05, 0) is 49.4 Å². The maximum atomic E-state index is 12.9. The van der Waals surface area contributed by atoms with Gasteiger partial charge in [-0.15, -0.1) is 0 Å². The van der Waals surface area contributed by atoms with Crippen molar-refractivity contribution in [3.05, 3.63) is 40.6 Å². The molecule has 1 aromatic carbocycles. The van der Waals surface area contributed by atoms with Crippen molar-refractivity contribution in [2.45, 2.75) is 19.9 Å². The van der Waals surface area contributed by atoms with Crippen LogP contribution in [0.1, 0.15) is 19.4 Å². The fraction of sp³-hybridized carbons (Fsp3) is 0.267. The Morgan fingerprint density at radius 2 is 2.00 bits per heavy atom. The number of benzene rings is 1. The summed E-state index contributed by atoms with van der Waals surface area (Å²) < 4.78 is 17.7. The molecule has 0 aliphatic carbocycles.